The lowest BCUT2D eigenvalue weighted by Crippen LogP contribution is -2.25. The molecule has 2 amide bonds. The minimum atomic E-state index is -0.604. The first-order chi connectivity index (χ1) is 12.3. The molecular formula is C18H18Cl2N2O4. The first-order valence-electron chi connectivity index (χ1n) is 7.72. The monoisotopic (exact) mass is 396 g/mol. The maximum atomic E-state index is 12.1. The van der Waals surface area contributed by atoms with Crippen molar-refractivity contribution in [3.05, 3.63) is 52.0 Å². The van der Waals surface area contributed by atoms with Crippen LogP contribution < -0.4 is 10.1 Å². The van der Waals surface area contributed by atoms with Gasteiger partial charge in [-0.2, -0.15) is 0 Å². The third-order valence-corrected chi connectivity index (χ3v) is 3.98. The van der Waals surface area contributed by atoms with Crippen molar-refractivity contribution < 1.29 is 19.4 Å². The number of hydrogen-bond acceptors (Lipinski definition) is 4. The van der Waals surface area contributed by atoms with Crippen LogP contribution in [0.15, 0.2) is 36.4 Å². The van der Waals surface area contributed by atoms with Gasteiger partial charge in [0.2, 0.25) is 5.91 Å². The fourth-order valence-electron chi connectivity index (χ4n) is 2.04. The smallest absolute Gasteiger partial charge is 0.414 e. The maximum absolute atomic E-state index is 12.1. The van der Waals surface area contributed by atoms with Gasteiger partial charge in [0, 0.05) is 25.5 Å². The minimum absolute atomic E-state index is 0.0438. The van der Waals surface area contributed by atoms with E-state index in [0.717, 1.165) is 5.56 Å². The van der Waals surface area contributed by atoms with Crippen LogP contribution in [0.1, 0.15) is 12.0 Å². The lowest BCUT2D eigenvalue weighted by Gasteiger charge is -2.13. The van der Waals surface area contributed by atoms with Crippen molar-refractivity contribution in [2.75, 3.05) is 19.4 Å². The highest BCUT2D eigenvalue weighted by atomic mass is 35.5. The van der Waals surface area contributed by atoms with Crippen molar-refractivity contribution in [3.63, 3.8) is 0 Å². The molecule has 6 nitrogen and oxygen atoms in total. The number of nitrogens with one attached hydrogen (secondary N) is 1. The second-order valence-electron chi connectivity index (χ2n) is 5.74. The molecular weight excluding hydrogens is 379 g/mol. The average Bonchev–Trinajstić information content (AvgIpc) is 2.58. The van der Waals surface area contributed by atoms with E-state index >= 15 is 0 Å². The third-order valence-electron chi connectivity index (χ3n) is 3.43. The molecule has 0 bridgehead atoms. The standard InChI is InChI=1S/C18H18Cl2N2O4/c1-22(2)18(25)26-16-9-11(3-7-15(16)23)4-8-17(24)21-14-6-5-12(19)10-13(14)20/h3,5-7,9-10,23H,4,8H2,1-2H3,(H,21,24). The van der Waals surface area contributed by atoms with E-state index < -0.39 is 6.09 Å². The number of phenols is 1. The highest BCUT2D eigenvalue weighted by Crippen LogP contribution is 2.28. The van der Waals surface area contributed by atoms with Crippen molar-refractivity contribution in [3.8, 4) is 11.5 Å². The normalized spacial score (nSPS) is 10.3. The Morgan fingerprint density at radius 2 is 1.88 bits per heavy atom. The summed E-state index contributed by atoms with van der Waals surface area (Å²) in [5, 5.41) is 13.3. The van der Waals surface area contributed by atoms with Gasteiger partial charge in [-0.05, 0) is 42.3 Å². The number of carbonyl (C=O) groups excluding carboxylic acids is 2. The summed E-state index contributed by atoms with van der Waals surface area (Å²) in [6.07, 6.45) is -0.0261. The minimum Gasteiger partial charge on any atom is -0.504 e. The molecule has 2 N–H and O–H groups in total. The molecule has 0 spiro atoms. The summed E-state index contributed by atoms with van der Waals surface area (Å²) in [7, 11) is 3.07. The molecule has 0 fully saturated rings. The summed E-state index contributed by atoms with van der Waals surface area (Å²) in [5.41, 5.74) is 1.22. The molecule has 0 saturated heterocycles. The molecule has 0 radical (unpaired) electrons. The zero-order chi connectivity index (χ0) is 19.3. The number of benzene rings is 2. The molecule has 8 heteroatoms. The van der Waals surface area contributed by atoms with Crippen LogP contribution in [0.5, 0.6) is 11.5 Å². The molecule has 0 unspecified atom stereocenters. The number of aromatic hydroxyl groups is 1. The van der Waals surface area contributed by atoms with Crippen LogP contribution >= 0.6 is 23.2 Å². The Balaban J connectivity index is 1.98. The second kappa shape index (κ2) is 8.78. The van der Waals surface area contributed by atoms with Crippen molar-refractivity contribution in [2.24, 2.45) is 0 Å². The zero-order valence-corrected chi connectivity index (χ0v) is 15.8. The van der Waals surface area contributed by atoms with Crippen molar-refractivity contribution >= 4 is 40.9 Å². The van der Waals surface area contributed by atoms with Crippen LogP contribution in [0, 0.1) is 0 Å². The third kappa shape index (κ3) is 5.54. The molecule has 138 valence electrons. The predicted molar refractivity (Wildman–Crippen MR) is 101 cm³/mol. The van der Waals surface area contributed by atoms with E-state index in [1.165, 1.54) is 31.1 Å². The molecule has 0 saturated carbocycles. The van der Waals surface area contributed by atoms with E-state index in [4.69, 9.17) is 27.9 Å². The number of carbonyl (C=O) groups is 2. The van der Waals surface area contributed by atoms with Gasteiger partial charge in [-0.3, -0.25) is 4.79 Å². The highest BCUT2D eigenvalue weighted by Gasteiger charge is 2.12. The Bertz CT molecular complexity index is 825. The lowest BCUT2D eigenvalue weighted by molar-refractivity contribution is -0.116. The van der Waals surface area contributed by atoms with Crippen LogP contribution in [-0.2, 0) is 11.2 Å². The van der Waals surface area contributed by atoms with Gasteiger partial charge in [0.15, 0.2) is 11.5 Å². The predicted octanol–water partition coefficient (Wildman–Crippen LogP) is 4.33. The summed E-state index contributed by atoms with van der Waals surface area (Å²) >= 11 is 11.8. The van der Waals surface area contributed by atoms with Crippen LogP contribution in [0.4, 0.5) is 10.5 Å². The van der Waals surface area contributed by atoms with Gasteiger partial charge in [0.1, 0.15) is 0 Å². The Morgan fingerprint density at radius 1 is 1.15 bits per heavy atom. The topological polar surface area (TPSA) is 78.9 Å². The molecule has 0 heterocycles. The largest absolute Gasteiger partial charge is 0.504 e. The van der Waals surface area contributed by atoms with E-state index in [-0.39, 0.29) is 23.8 Å². The Kier molecular flexibility index (Phi) is 6.71. The molecule has 0 aliphatic heterocycles. The fourth-order valence-corrected chi connectivity index (χ4v) is 2.50. The summed E-state index contributed by atoms with van der Waals surface area (Å²) in [6, 6.07) is 9.41. The highest BCUT2D eigenvalue weighted by molar-refractivity contribution is 6.36. The molecule has 2 aromatic rings. The first kappa shape index (κ1) is 19.9. The number of halogens is 2. The van der Waals surface area contributed by atoms with E-state index in [0.29, 0.717) is 22.2 Å². The molecule has 26 heavy (non-hydrogen) atoms. The van der Waals surface area contributed by atoms with Crippen LogP contribution in [-0.4, -0.2) is 36.1 Å². The molecule has 0 aliphatic carbocycles. The van der Waals surface area contributed by atoms with Gasteiger partial charge in [-0.25, -0.2) is 4.79 Å². The molecule has 0 aromatic heterocycles. The SMILES string of the molecule is CN(C)C(=O)Oc1cc(CCC(=O)Nc2ccc(Cl)cc2Cl)ccc1O. The van der Waals surface area contributed by atoms with E-state index in [9.17, 15) is 14.7 Å². The fraction of sp³-hybridized carbons (Fsp3) is 0.222. The van der Waals surface area contributed by atoms with Crippen LogP contribution in [0.25, 0.3) is 0 Å². The number of aryl methyl sites for hydroxylation is 1. The summed E-state index contributed by atoms with van der Waals surface area (Å²) in [4.78, 5) is 25.0. The number of nitrogens with zero attached hydrogens (tertiary/aromatic N) is 1. The van der Waals surface area contributed by atoms with Crippen LogP contribution in [0.2, 0.25) is 10.0 Å². The number of amides is 2. The Labute approximate surface area is 161 Å². The number of rotatable bonds is 5. The molecule has 0 aliphatic rings. The number of ether oxygens (including phenoxy) is 1. The number of phenolic OH excluding ortho intramolecular Hbond substituents is 1. The molecule has 2 aromatic carbocycles. The van der Waals surface area contributed by atoms with Gasteiger partial charge in [0.05, 0.1) is 10.7 Å². The summed E-state index contributed by atoms with van der Waals surface area (Å²) in [6.45, 7) is 0. The second-order valence-corrected chi connectivity index (χ2v) is 6.58. The summed E-state index contributed by atoms with van der Waals surface area (Å²) in [5.74, 6) is -0.335. The Morgan fingerprint density at radius 3 is 2.54 bits per heavy atom. The van der Waals surface area contributed by atoms with Gasteiger partial charge < -0.3 is 20.1 Å². The number of hydrogen-bond donors (Lipinski definition) is 2. The van der Waals surface area contributed by atoms with Crippen molar-refractivity contribution in [2.45, 2.75) is 12.8 Å². The Hall–Kier alpha value is -2.44. The lowest BCUT2D eigenvalue weighted by atomic mass is 10.1. The molecule has 0 atom stereocenters. The van der Waals surface area contributed by atoms with Gasteiger partial charge in [0.25, 0.3) is 0 Å². The van der Waals surface area contributed by atoms with E-state index in [1.807, 2.05) is 0 Å². The van der Waals surface area contributed by atoms with Gasteiger partial charge >= 0.3 is 6.09 Å². The molecule has 2 rings (SSSR count). The van der Waals surface area contributed by atoms with Crippen molar-refractivity contribution in [1.82, 2.24) is 4.90 Å². The first-order valence-corrected chi connectivity index (χ1v) is 8.48. The summed E-state index contributed by atoms with van der Waals surface area (Å²) < 4.78 is 5.08. The number of anilines is 1. The van der Waals surface area contributed by atoms with E-state index in [1.54, 1.807) is 24.3 Å². The van der Waals surface area contributed by atoms with Gasteiger partial charge in [-0.1, -0.05) is 29.3 Å². The van der Waals surface area contributed by atoms with Crippen LogP contribution in [0.3, 0.4) is 0 Å². The quantitative estimate of drug-likeness (QED) is 0.787. The average molecular weight is 397 g/mol. The van der Waals surface area contributed by atoms with Gasteiger partial charge in [-0.15, -0.1) is 0 Å². The maximum Gasteiger partial charge on any atom is 0.414 e. The van der Waals surface area contributed by atoms with Crippen molar-refractivity contribution in [1.29, 1.82) is 0 Å². The zero-order valence-electron chi connectivity index (χ0n) is 14.3. The van der Waals surface area contributed by atoms with E-state index in [2.05, 4.69) is 5.32 Å².